The lowest BCUT2D eigenvalue weighted by Crippen LogP contribution is -2.48. The average Bonchev–Trinajstić information content (AvgIpc) is 3.26. The highest BCUT2D eigenvalue weighted by Crippen LogP contribution is 2.17. The first kappa shape index (κ1) is 20.9. The number of hydrogen-bond donors (Lipinski definition) is 2. The van der Waals surface area contributed by atoms with Crippen molar-refractivity contribution in [1.82, 2.24) is 25.2 Å². The third kappa shape index (κ3) is 5.84. The molecule has 162 valence electrons. The van der Waals surface area contributed by atoms with Gasteiger partial charge in [0.1, 0.15) is 18.2 Å². The molecule has 0 saturated carbocycles. The molecule has 3 heterocycles. The maximum Gasteiger partial charge on any atom is 0.191 e. The summed E-state index contributed by atoms with van der Waals surface area (Å²) in [6.07, 6.45) is 7.84. The molecule has 0 aliphatic carbocycles. The molecule has 0 spiro atoms. The van der Waals surface area contributed by atoms with Gasteiger partial charge in [-0.1, -0.05) is 36.4 Å². The summed E-state index contributed by atoms with van der Waals surface area (Å²) in [7, 11) is 0. The van der Waals surface area contributed by atoms with E-state index >= 15 is 0 Å². The summed E-state index contributed by atoms with van der Waals surface area (Å²) in [6.45, 7) is 6.27. The highest BCUT2D eigenvalue weighted by molar-refractivity contribution is 5.80. The zero-order chi connectivity index (χ0) is 21.3. The van der Waals surface area contributed by atoms with Crippen LogP contribution in [0.4, 0.5) is 5.82 Å². The van der Waals surface area contributed by atoms with Crippen LogP contribution < -0.4 is 15.5 Å². The molecular weight excluding hydrogens is 386 g/mol. The molecule has 2 N–H and O–H groups in total. The van der Waals surface area contributed by atoms with E-state index in [-0.39, 0.29) is 0 Å². The second kappa shape index (κ2) is 10.6. The van der Waals surface area contributed by atoms with Crippen molar-refractivity contribution in [3.63, 3.8) is 0 Å². The molecule has 7 heteroatoms. The van der Waals surface area contributed by atoms with E-state index in [4.69, 9.17) is 4.99 Å². The number of benzene rings is 1. The van der Waals surface area contributed by atoms with Crippen LogP contribution in [-0.2, 0) is 13.1 Å². The molecule has 1 aliphatic rings. The molecule has 2 aromatic heterocycles. The predicted octanol–water partition coefficient (Wildman–Crippen LogP) is 3.05. The van der Waals surface area contributed by atoms with E-state index in [1.807, 2.05) is 36.8 Å². The van der Waals surface area contributed by atoms with E-state index in [0.717, 1.165) is 56.6 Å². The minimum absolute atomic E-state index is 0.404. The van der Waals surface area contributed by atoms with Gasteiger partial charge in [0.25, 0.3) is 0 Å². The first-order chi connectivity index (χ1) is 15.3. The third-order valence-electron chi connectivity index (χ3n) is 5.53. The fraction of sp³-hybridized carbons (Fsp3) is 0.375. The van der Waals surface area contributed by atoms with Crippen molar-refractivity contribution in [3.8, 4) is 0 Å². The van der Waals surface area contributed by atoms with E-state index in [0.29, 0.717) is 12.6 Å². The Morgan fingerprint density at radius 3 is 2.58 bits per heavy atom. The van der Waals surface area contributed by atoms with Crippen LogP contribution >= 0.6 is 0 Å². The summed E-state index contributed by atoms with van der Waals surface area (Å²) in [4.78, 5) is 16.2. The van der Waals surface area contributed by atoms with Crippen molar-refractivity contribution >= 4 is 11.8 Å². The van der Waals surface area contributed by atoms with Gasteiger partial charge in [-0.3, -0.25) is 0 Å². The zero-order valence-corrected chi connectivity index (χ0v) is 18.1. The van der Waals surface area contributed by atoms with Gasteiger partial charge in [-0.05, 0) is 37.5 Å². The van der Waals surface area contributed by atoms with Crippen molar-refractivity contribution in [1.29, 1.82) is 0 Å². The van der Waals surface area contributed by atoms with Crippen LogP contribution in [0.25, 0.3) is 0 Å². The van der Waals surface area contributed by atoms with Crippen LogP contribution in [-0.4, -0.2) is 46.2 Å². The fourth-order valence-corrected chi connectivity index (χ4v) is 3.87. The summed E-state index contributed by atoms with van der Waals surface area (Å²) < 4.78 is 2.16. The molecule has 1 aromatic carbocycles. The Bertz CT molecular complexity index is 944. The second-order valence-electron chi connectivity index (χ2n) is 7.75. The lowest BCUT2D eigenvalue weighted by Gasteiger charge is -2.33. The molecule has 0 bridgehead atoms. The van der Waals surface area contributed by atoms with Crippen molar-refractivity contribution in [2.24, 2.45) is 4.99 Å². The topological polar surface area (TPSA) is 70.4 Å². The minimum atomic E-state index is 0.404. The molecule has 4 rings (SSSR count). The largest absolute Gasteiger partial charge is 0.357 e. The van der Waals surface area contributed by atoms with Crippen molar-refractivity contribution < 1.29 is 0 Å². The number of guanidine groups is 1. The lowest BCUT2D eigenvalue weighted by molar-refractivity contribution is 0.459. The monoisotopic (exact) mass is 417 g/mol. The molecular formula is C24H31N7. The molecule has 3 aromatic rings. The molecule has 0 atom stereocenters. The number of nitrogens with one attached hydrogen (secondary N) is 2. The van der Waals surface area contributed by atoms with E-state index < -0.39 is 0 Å². The summed E-state index contributed by atoms with van der Waals surface area (Å²) >= 11 is 0. The quantitative estimate of drug-likeness (QED) is 0.457. The van der Waals surface area contributed by atoms with Crippen LogP contribution in [0.3, 0.4) is 0 Å². The highest BCUT2D eigenvalue weighted by atomic mass is 15.2. The normalized spacial score (nSPS) is 15.1. The maximum absolute atomic E-state index is 4.81. The molecule has 1 fully saturated rings. The molecule has 0 unspecified atom stereocenters. The summed E-state index contributed by atoms with van der Waals surface area (Å²) in [5.41, 5.74) is 1.26. The van der Waals surface area contributed by atoms with Crippen LogP contribution in [0, 0.1) is 0 Å². The number of aliphatic imine (C=N–C) groups is 1. The number of anilines is 1. The molecule has 0 radical (unpaired) electrons. The average molecular weight is 418 g/mol. The number of imidazole rings is 1. The number of nitrogens with zero attached hydrogens (tertiary/aromatic N) is 5. The van der Waals surface area contributed by atoms with Crippen LogP contribution in [0.5, 0.6) is 0 Å². The molecule has 1 saturated heterocycles. The Morgan fingerprint density at radius 2 is 1.84 bits per heavy atom. The van der Waals surface area contributed by atoms with Crippen LogP contribution in [0.2, 0.25) is 0 Å². The highest BCUT2D eigenvalue weighted by Gasteiger charge is 2.20. The number of hydrogen-bond acceptors (Lipinski definition) is 4. The van der Waals surface area contributed by atoms with Gasteiger partial charge in [0.15, 0.2) is 5.96 Å². The molecule has 31 heavy (non-hydrogen) atoms. The minimum Gasteiger partial charge on any atom is -0.357 e. The Kier molecular flexibility index (Phi) is 7.16. The first-order valence-electron chi connectivity index (χ1n) is 11.1. The second-order valence-corrected chi connectivity index (χ2v) is 7.75. The van der Waals surface area contributed by atoms with Gasteiger partial charge in [0.2, 0.25) is 0 Å². The fourth-order valence-electron chi connectivity index (χ4n) is 3.87. The molecule has 1 aliphatic heterocycles. The Morgan fingerprint density at radius 1 is 1.03 bits per heavy atom. The number of rotatable bonds is 7. The van der Waals surface area contributed by atoms with E-state index in [1.165, 1.54) is 5.56 Å². The predicted molar refractivity (Wildman–Crippen MR) is 125 cm³/mol. The first-order valence-corrected chi connectivity index (χ1v) is 11.1. The summed E-state index contributed by atoms with van der Waals surface area (Å²) in [6, 6.07) is 16.9. The van der Waals surface area contributed by atoms with Gasteiger partial charge in [0.05, 0.1) is 0 Å². The lowest BCUT2D eigenvalue weighted by atomic mass is 10.1. The van der Waals surface area contributed by atoms with Crippen LogP contribution in [0.1, 0.15) is 31.2 Å². The van der Waals surface area contributed by atoms with Gasteiger partial charge >= 0.3 is 0 Å². The van der Waals surface area contributed by atoms with E-state index in [9.17, 15) is 0 Å². The third-order valence-corrected chi connectivity index (χ3v) is 5.53. The zero-order valence-electron chi connectivity index (χ0n) is 18.1. The number of aromatic nitrogens is 3. The van der Waals surface area contributed by atoms with Gasteiger partial charge in [0, 0.05) is 50.8 Å². The Hall–Kier alpha value is -3.35. The van der Waals surface area contributed by atoms with E-state index in [1.54, 1.807) is 0 Å². The van der Waals surface area contributed by atoms with Crippen molar-refractivity contribution in [2.45, 2.75) is 38.9 Å². The Balaban J connectivity index is 1.34. The van der Waals surface area contributed by atoms with E-state index in [2.05, 4.69) is 67.3 Å². The maximum atomic E-state index is 4.81. The van der Waals surface area contributed by atoms with Crippen LogP contribution in [0.15, 0.2) is 72.1 Å². The summed E-state index contributed by atoms with van der Waals surface area (Å²) in [5.74, 6) is 2.88. The SMILES string of the molecule is CCNC(=NCc1nccn1Cc1ccccc1)NC1CCN(c2ccccn2)CC1. The van der Waals surface area contributed by atoms with Gasteiger partial charge < -0.3 is 20.1 Å². The smallest absolute Gasteiger partial charge is 0.191 e. The van der Waals surface area contributed by atoms with Crippen molar-refractivity contribution in [2.75, 3.05) is 24.5 Å². The Labute approximate surface area is 184 Å². The number of pyridine rings is 1. The van der Waals surface area contributed by atoms with Crippen molar-refractivity contribution in [3.05, 3.63) is 78.5 Å². The standard InChI is InChI=1S/C24H31N7/c1-2-25-24(29-21-11-15-30(16-12-21)22-10-6-7-13-26-22)28-18-23-27-14-17-31(23)19-20-8-4-3-5-9-20/h3-10,13-14,17,21H,2,11-12,15-16,18-19H2,1H3,(H2,25,28,29). The van der Waals surface area contributed by atoms with Gasteiger partial charge in [-0.2, -0.15) is 0 Å². The van der Waals surface area contributed by atoms with Gasteiger partial charge in [-0.25, -0.2) is 15.0 Å². The molecule has 7 nitrogen and oxygen atoms in total. The molecule has 0 amide bonds. The number of piperidine rings is 1. The van der Waals surface area contributed by atoms with Gasteiger partial charge in [-0.15, -0.1) is 0 Å². The summed E-state index contributed by atoms with van der Waals surface area (Å²) in [5, 5.41) is 7.00.